The molecular weight excluding hydrogens is 739 g/mol. The van der Waals surface area contributed by atoms with E-state index < -0.39 is 66.5 Å². The zero-order chi connectivity index (χ0) is 37.8. The number of aromatic nitrogens is 2. The summed E-state index contributed by atoms with van der Waals surface area (Å²) >= 11 is -0.609. The van der Waals surface area contributed by atoms with Gasteiger partial charge in [-0.25, -0.2) is 0 Å². The number of H-pyrrole nitrogens is 1. The number of carbonyl (C=O) groups is 2. The summed E-state index contributed by atoms with van der Waals surface area (Å²) in [5.41, 5.74) is -0.902. The van der Waals surface area contributed by atoms with Gasteiger partial charge in [0, 0.05) is 0 Å². The standard InChI is InChI=1S/C42H42N2O8Se/c1-41(2,3)39(47)52-38(53-34-23-15-8-16-24-34)37(44-28-27-35(45)43-40(44)48)51-33(25-26-36(46)49-4)29-50-42(30-17-9-5-10-18-30,31-19-11-6-12-20-31)32-21-13-7-14-22-32/h5-28,33,37-38H,29H2,1-4H3,(H,43,45,48)/b26-25+/t33-,37+,38?/m0/s1. The topological polar surface area (TPSA) is 126 Å². The third-order valence-electron chi connectivity index (χ3n) is 8.16. The Morgan fingerprint density at radius 3 is 1.75 bits per heavy atom. The predicted octanol–water partition coefficient (Wildman–Crippen LogP) is 5.10. The van der Waals surface area contributed by atoms with Gasteiger partial charge >= 0.3 is 316 Å². The van der Waals surface area contributed by atoms with Crippen molar-refractivity contribution in [2.75, 3.05) is 13.7 Å². The minimum atomic E-state index is -1.28. The van der Waals surface area contributed by atoms with E-state index in [1.54, 1.807) is 20.8 Å². The first kappa shape index (κ1) is 38.9. The molecule has 3 atom stereocenters. The van der Waals surface area contributed by atoms with E-state index in [0.717, 1.165) is 21.2 Å². The summed E-state index contributed by atoms with van der Waals surface area (Å²) in [6, 6.07) is 39.9. The van der Waals surface area contributed by atoms with Crippen molar-refractivity contribution in [2.24, 2.45) is 5.41 Å². The van der Waals surface area contributed by atoms with Crippen molar-refractivity contribution in [2.45, 2.75) is 43.7 Å². The average Bonchev–Trinajstić information content (AvgIpc) is 3.17. The van der Waals surface area contributed by atoms with Gasteiger partial charge in [0.1, 0.15) is 0 Å². The number of methoxy groups -OCH3 is 1. The van der Waals surface area contributed by atoms with Crippen LogP contribution in [0.15, 0.2) is 155 Å². The van der Waals surface area contributed by atoms with Crippen LogP contribution in [0.4, 0.5) is 0 Å². The van der Waals surface area contributed by atoms with E-state index in [9.17, 15) is 19.2 Å². The first-order chi connectivity index (χ1) is 25.5. The van der Waals surface area contributed by atoms with Gasteiger partial charge in [-0.1, -0.05) is 0 Å². The van der Waals surface area contributed by atoms with Gasteiger partial charge in [0.2, 0.25) is 0 Å². The van der Waals surface area contributed by atoms with E-state index in [1.165, 1.54) is 36.1 Å². The molecule has 0 aliphatic carbocycles. The Bertz CT molecular complexity index is 1980. The van der Waals surface area contributed by atoms with E-state index in [4.69, 9.17) is 18.9 Å². The molecule has 0 aliphatic rings. The fourth-order valence-corrected chi connectivity index (χ4v) is 7.65. The Labute approximate surface area is 314 Å². The number of hydrogen-bond acceptors (Lipinski definition) is 8. The maximum absolute atomic E-state index is 13.5. The molecule has 0 saturated carbocycles. The van der Waals surface area contributed by atoms with Crippen LogP contribution in [0.1, 0.15) is 43.7 Å². The number of nitrogens with one attached hydrogen (secondary N) is 1. The molecule has 4 aromatic carbocycles. The molecule has 5 rings (SSSR count). The van der Waals surface area contributed by atoms with Crippen LogP contribution in [-0.4, -0.2) is 61.3 Å². The summed E-state index contributed by atoms with van der Waals surface area (Å²) in [6.07, 6.45) is 1.69. The number of benzene rings is 4. The van der Waals surface area contributed by atoms with E-state index in [2.05, 4.69) is 4.98 Å². The minimum absolute atomic E-state index is 0.154. The van der Waals surface area contributed by atoms with Crippen LogP contribution in [0, 0.1) is 5.41 Å². The van der Waals surface area contributed by atoms with Crippen LogP contribution in [0.2, 0.25) is 0 Å². The Hall–Kier alpha value is -5.32. The van der Waals surface area contributed by atoms with E-state index in [0.29, 0.717) is 0 Å². The van der Waals surface area contributed by atoms with Crippen LogP contribution in [0.3, 0.4) is 0 Å². The van der Waals surface area contributed by atoms with Crippen molar-refractivity contribution in [3.8, 4) is 0 Å². The van der Waals surface area contributed by atoms with Crippen LogP contribution in [-0.2, 0) is 34.1 Å². The number of carbonyl (C=O) groups excluding carboxylic acids is 2. The summed E-state index contributed by atoms with van der Waals surface area (Å²) in [7, 11) is 1.26. The molecule has 1 unspecified atom stereocenters. The third-order valence-corrected chi connectivity index (χ3v) is 10.5. The number of ether oxygens (including phenoxy) is 4. The fourth-order valence-electron chi connectivity index (χ4n) is 5.49. The number of hydrogen-bond donors (Lipinski definition) is 1. The van der Waals surface area contributed by atoms with Crippen LogP contribution in [0.5, 0.6) is 0 Å². The molecule has 0 spiro atoms. The maximum atomic E-state index is 13.5. The molecule has 0 amide bonds. The SMILES string of the molecule is COC(=O)/C=C/[C@@H](COC(c1ccccc1)(c1ccccc1)c1ccccc1)O[C@H](C(OC(=O)C(C)(C)C)[Se]c1ccccc1)n1ccc(=O)[nH]c1=O. The quantitative estimate of drug-likeness (QED) is 0.0674. The van der Waals surface area contributed by atoms with Gasteiger partial charge in [0.15, 0.2) is 0 Å². The van der Waals surface area contributed by atoms with Crippen molar-refractivity contribution in [3.63, 3.8) is 0 Å². The molecule has 0 saturated heterocycles. The summed E-state index contributed by atoms with van der Waals surface area (Å²) in [5, 5.41) is -1.02. The molecule has 10 nitrogen and oxygen atoms in total. The van der Waals surface area contributed by atoms with Crippen molar-refractivity contribution in [1.82, 2.24) is 9.55 Å². The van der Waals surface area contributed by atoms with Gasteiger partial charge in [0.25, 0.3) is 0 Å². The summed E-state index contributed by atoms with van der Waals surface area (Å²) in [4.78, 5) is 53.9. The second-order valence-corrected chi connectivity index (χ2v) is 15.5. The molecule has 0 aliphatic heterocycles. The number of rotatable bonds is 15. The van der Waals surface area contributed by atoms with Gasteiger partial charge < -0.3 is 0 Å². The van der Waals surface area contributed by atoms with E-state index in [1.807, 2.05) is 121 Å². The normalized spacial score (nSPS) is 13.6. The second kappa shape index (κ2) is 17.9. The van der Waals surface area contributed by atoms with Gasteiger partial charge in [-0.3, -0.25) is 0 Å². The van der Waals surface area contributed by atoms with Crippen LogP contribution >= 0.6 is 0 Å². The van der Waals surface area contributed by atoms with Crippen LogP contribution in [0.25, 0.3) is 0 Å². The Morgan fingerprint density at radius 1 is 0.774 bits per heavy atom. The van der Waals surface area contributed by atoms with Crippen molar-refractivity contribution >= 4 is 31.4 Å². The molecule has 0 radical (unpaired) electrons. The van der Waals surface area contributed by atoms with Crippen LogP contribution < -0.4 is 15.7 Å². The summed E-state index contributed by atoms with van der Waals surface area (Å²) in [6.45, 7) is 5.04. The first-order valence-electron chi connectivity index (χ1n) is 17.0. The number of aromatic amines is 1. The van der Waals surface area contributed by atoms with Gasteiger partial charge in [0.05, 0.1) is 0 Å². The molecular formula is C42H42N2O8Se. The zero-order valence-corrected chi connectivity index (χ0v) is 31.6. The van der Waals surface area contributed by atoms with Crippen molar-refractivity contribution < 1.29 is 28.5 Å². The summed E-state index contributed by atoms with van der Waals surface area (Å²) < 4.78 is 27.0. The third kappa shape index (κ3) is 9.97. The molecule has 53 heavy (non-hydrogen) atoms. The molecule has 5 aromatic rings. The molecule has 11 heteroatoms. The zero-order valence-electron chi connectivity index (χ0n) is 29.9. The molecule has 1 aromatic heterocycles. The van der Waals surface area contributed by atoms with Crippen molar-refractivity contribution in [1.29, 1.82) is 0 Å². The monoisotopic (exact) mass is 782 g/mol. The second-order valence-electron chi connectivity index (χ2n) is 13.0. The molecule has 1 heterocycles. The molecule has 274 valence electrons. The Balaban J connectivity index is 1.65. The molecule has 0 fully saturated rings. The average molecular weight is 782 g/mol. The van der Waals surface area contributed by atoms with Gasteiger partial charge in [-0.05, 0) is 0 Å². The molecule has 0 bridgehead atoms. The summed E-state index contributed by atoms with van der Waals surface area (Å²) in [5.74, 6) is -1.15. The number of esters is 2. The Morgan fingerprint density at radius 2 is 1.28 bits per heavy atom. The molecule has 1 N–H and O–H groups in total. The predicted molar refractivity (Wildman–Crippen MR) is 203 cm³/mol. The Kier molecular flexibility index (Phi) is 13.2. The first-order valence-corrected chi connectivity index (χ1v) is 18.8. The fraction of sp³-hybridized carbons (Fsp3) is 0.238. The van der Waals surface area contributed by atoms with E-state index in [-0.39, 0.29) is 6.61 Å². The van der Waals surface area contributed by atoms with Gasteiger partial charge in [-0.2, -0.15) is 0 Å². The van der Waals surface area contributed by atoms with Crippen molar-refractivity contribution in [3.05, 3.63) is 183 Å². The van der Waals surface area contributed by atoms with Gasteiger partial charge in [-0.15, -0.1) is 0 Å². The number of nitrogens with zero attached hydrogens (tertiary/aromatic N) is 1. The van der Waals surface area contributed by atoms with E-state index >= 15 is 0 Å².